The summed E-state index contributed by atoms with van der Waals surface area (Å²) in [5.74, 6) is -0.619. The first-order valence-electron chi connectivity index (χ1n) is 10.3. The van der Waals surface area contributed by atoms with Crippen LogP contribution >= 0.6 is 34.5 Å². The van der Waals surface area contributed by atoms with Gasteiger partial charge in [0.05, 0.1) is 10.0 Å². The lowest BCUT2D eigenvalue weighted by Gasteiger charge is -2.40. The van der Waals surface area contributed by atoms with Crippen molar-refractivity contribution in [1.29, 1.82) is 0 Å². The number of nitrogens with zero attached hydrogens (tertiary/aromatic N) is 3. The summed E-state index contributed by atoms with van der Waals surface area (Å²) in [7, 11) is 0. The molecule has 1 aromatic heterocycles. The number of aromatic nitrogens is 1. The largest absolute Gasteiger partial charge is 0.435 e. The van der Waals surface area contributed by atoms with E-state index in [1.807, 2.05) is 0 Å². The number of alkyl halides is 3. The maximum atomic E-state index is 13.7. The normalized spacial score (nSPS) is 19.1. The average Bonchev–Trinajstić information content (AvgIpc) is 3.22. The molecule has 31 heavy (non-hydrogen) atoms. The Morgan fingerprint density at radius 1 is 1.06 bits per heavy atom. The van der Waals surface area contributed by atoms with Crippen LogP contribution in [-0.2, 0) is 6.18 Å². The molecule has 0 spiro atoms. The minimum absolute atomic E-state index is 0.0337. The van der Waals surface area contributed by atoms with Crippen LogP contribution in [0.4, 0.5) is 13.2 Å². The number of hydrogen-bond donors (Lipinski definition) is 0. The number of amides is 1. The molecular weight excluding hydrogens is 470 g/mol. The molecule has 1 amide bonds. The highest BCUT2D eigenvalue weighted by molar-refractivity contribution is 7.17. The van der Waals surface area contributed by atoms with Gasteiger partial charge in [-0.15, -0.1) is 11.3 Å². The molecule has 0 unspecified atom stereocenters. The monoisotopic (exact) mass is 491 g/mol. The molecule has 2 aliphatic rings. The van der Waals surface area contributed by atoms with Gasteiger partial charge in [-0.3, -0.25) is 4.79 Å². The predicted octanol–water partition coefficient (Wildman–Crippen LogP) is 6.23. The summed E-state index contributed by atoms with van der Waals surface area (Å²) in [5.41, 5.74) is -0.876. The fourth-order valence-electron chi connectivity index (χ4n) is 4.30. The molecule has 0 aliphatic carbocycles. The van der Waals surface area contributed by atoms with Crippen LogP contribution in [0.2, 0.25) is 10.0 Å². The van der Waals surface area contributed by atoms with Gasteiger partial charge >= 0.3 is 6.18 Å². The summed E-state index contributed by atoms with van der Waals surface area (Å²) in [4.78, 5) is 20.4. The summed E-state index contributed by atoms with van der Waals surface area (Å²) in [5, 5.41) is 0.370. The Morgan fingerprint density at radius 2 is 1.74 bits per heavy atom. The third-order valence-electron chi connectivity index (χ3n) is 5.93. The van der Waals surface area contributed by atoms with Crippen molar-refractivity contribution < 1.29 is 18.0 Å². The van der Waals surface area contributed by atoms with Crippen LogP contribution in [0.25, 0.3) is 10.6 Å². The van der Waals surface area contributed by atoms with E-state index in [0.29, 0.717) is 19.1 Å². The van der Waals surface area contributed by atoms with Crippen molar-refractivity contribution in [2.75, 3.05) is 26.2 Å². The molecule has 2 saturated heterocycles. The van der Waals surface area contributed by atoms with Crippen LogP contribution in [0.1, 0.15) is 47.5 Å². The smallest absolute Gasteiger partial charge is 0.338 e. The second-order valence-corrected chi connectivity index (χ2v) is 9.70. The molecule has 4 rings (SSSR count). The van der Waals surface area contributed by atoms with E-state index in [0.717, 1.165) is 37.3 Å². The molecule has 4 nitrogen and oxygen atoms in total. The lowest BCUT2D eigenvalue weighted by Crippen LogP contribution is -2.48. The zero-order valence-corrected chi connectivity index (χ0v) is 19.0. The first-order valence-corrected chi connectivity index (χ1v) is 11.9. The second-order valence-electron chi connectivity index (χ2n) is 7.92. The number of hydrogen-bond acceptors (Lipinski definition) is 4. The fourth-order valence-corrected chi connectivity index (χ4v) is 5.83. The first-order chi connectivity index (χ1) is 14.8. The molecular formula is C21H22Cl2F3N3OS. The van der Waals surface area contributed by atoms with Crippen LogP contribution < -0.4 is 0 Å². The maximum absolute atomic E-state index is 13.7. The molecule has 0 radical (unpaired) electrons. The topological polar surface area (TPSA) is 36.4 Å². The van der Waals surface area contributed by atoms with Gasteiger partial charge in [0.2, 0.25) is 0 Å². The van der Waals surface area contributed by atoms with Gasteiger partial charge in [-0.2, -0.15) is 13.2 Å². The summed E-state index contributed by atoms with van der Waals surface area (Å²) in [6, 6.07) is 5.08. The number of carbonyl (C=O) groups excluding carboxylic acids is 1. The van der Waals surface area contributed by atoms with Crippen molar-refractivity contribution >= 4 is 40.4 Å². The maximum Gasteiger partial charge on any atom is 0.435 e. The molecule has 0 N–H and O–H groups in total. The number of rotatable bonds is 3. The van der Waals surface area contributed by atoms with E-state index in [1.165, 1.54) is 24.2 Å². The minimum atomic E-state index is -4.74. The van der Waals surface area contributed by atoms with E-state index in [2.05, 4.69) is 9.88 Å². The van der Waals surface area contributed by atoms with Crippen molar-refractivity contribution in [3.8, 4) is 10.6 Å². The third kappa shape index (κ3) is 4.87. The number of piperidine rings is 2. The number of thiazole rings is 1. The van der Waals surface area contributed by atoms with Gasteiger partial charge in [-0.1, -0.05) is 41.8 Å². The Labute approximate surface area is 193 Å². The van der Waals surface area contributed by atoms with Crippen LogP contribution in [0.15, 0.2) is 18.2 Å². The fraction of sp³-hybridized carbons (Fsp3) is 0.524. The summed E-state index contributed by atoms with van der Waals surface area (Å²) < 4.78 is 41.1. The van der Waals surface area contributed by atoms with Gasteiger partial charge in [0.15, 0.2) is 5.69 Å². The molecule has 2 fully saturated rings. The molecule has 0 bridgehead atoms. The van der Waals surface area contributed by atoms with Crippen LogP contribution in [0.3, 0.4) is 0 Å². The van der Waals surface area contributed by atoms with E-state index in [4.69, 9.17) is 23.2 Å². The van der Waals surface area contributed by atoms with Crippen molar-refractivity contribution in [1.82, 2.24) is 14.8 Å². The lowest BCUT2D eigenvalue weighted by molar-refractivity contribution is -0.141. The minimum Gasteiger partial charge on any atom is -0.338 e. The molecule has 168 valence electrons. The average molecular weight is 492 g/mol. The first kappa shape index (κ1) is 22.8. The van der Waals surface area contributed by atoms with Gasteiger partial charge in [-0.25, -0.2) is 4.98 Å². The molecule has 1 aromatic carbocycles. The van der Waals surface area contributed by atoms with E-state index in [1.54, 1.807) is 18.2 Å². The van der Waals surface area contributed by atoms with E-state index < -0.39 is 22.7 Å². The Balaban J connectivity index is 1.56. The van der Waals surface area contributed by atoms with E-state index in [9.17, 15) is 18.0 Å². The third-order valence-corrected chi connectivity index (χ3v) is 7.83. The van der Waals surface area contributed by atoms with Crippen LogP contribution in [-0.4, -0.2) is 52.9 Å². The highest BCUT2D eigenvalue weighted by Gasteiger charge is 2.41. The van der Waals surface area contributed by atoms with Crippen molar-refractivity contribution in [2.45, 2.75) is 44.3 Å². The zero-order chi connectivity index (χ0) is 22.2. The number of benzene rings is 1. The molecule has 2 aliphatic heterocycles. The van der Waals surface area contributed by atoms with Crippen LogP contribution in [0.5, 0.6) is 0 Å². The van der Waals surface area contributed by atoms with Gasteiger partial charge in [0, 0.05) is 24.7 Å². The van der Waals surface area contributed by atoms with Gasteiger partial charge in [0.25, 0.3) is 5.91 Å². The predicted molar refractivity (Wildman–Crippen MR) is 117 cm³/mol. The molecule has 10 heteroatoms. The summed E-state index contributed by atoms with van der Waals surface area (Å²) >= 11 is 12.9. The Hall–Kier alpha value is -1.35. The Morgan fingerprint density at radius 3 is 2.39 bits per heavy atom. The standard InChI is InChI=1S/C21H22Cl2F3N3OS/c22-15-6-4-5-14(16(15)23)19-27-18(21(24,25)26)17(31-19)20(30)29-11-7-13(8-12-29)28-9-2-1-3-10-28/h4-6,13H,1-3,7-12H2. The van der Waals surface area contributed by atoms with Gasteiger partial charge in [0.1, 0.15) is 9.88 Å². The lowest BCUT2D eigenvalue weighted by atomic mass is 10.00. The van der Waals surface area contributed by atoms with Gasteiger partial charge < -0.3 is 9.80 Å². The Bertz CT molecular complexity index is 952. The van der Waals surface area contributed by atoms with E-state index >= 15 is 0 Å². The van der Waals surface area contributed by atoms with Crippen molar-refractivity contribution in [3.05, 3.63) is 38.8 Å². The summed E-state index contributed by atoms with van der Waals surface area (Å²) in [6.45, 7) is 3.02. The SMILES string of the molecule is O=C(c1sc(-c2cccc(Cl)c2Cl)nc1C(F)(F)F)N1CCC(N2CCCCC2)CC1. The summed E-state index contributed by atoms with van der Waals surface area (Å²) in [6.07, 6.45) is 0.431. The molecule has 0 atom stereocenters. The second kappa shape index (κ2) is 9.25. The van der Waals surface area contributed by atoms with Crippen molar-refractivity contribution in [2.24, 2.45) is 0 Å². The number of carbonyl (C=O) groups is 1. The van der Waals surface area contributed by atoms with E-state index in [-0.39, 0.29) is 20.6 Å². The quantitative estimate of drug-likeness (QED) is 0.510. The van der Waals surface area contributed by atoms with Gasteiger partial charge in [-0.05, 0) is 44.8 Å². The number of halogens is 5. The van der Waals surface area contributed by atoms with Crippen molar-refractivity contribution in [3.63, 3.8) is 0 Å². The molecule has 3 heterocycles. The highest BCUT2D eigenvalue weighted by Crippen LogP contribution is 2.41. The molecule has 0 saturated carbocycles. The highest BCUT2D eigenvalue weighted by atomic mass is 35.5. The zero-order valence-electron chi connectivity index (χ0n) is 16.7. The Kier molecular flexibility index (Phi) is 6.82. The number of likely N-dealkylation sites (tertiary alicyclic amines) is 2. The van der Waals surface area contributed by atoms with Crippen LogP contribution in [0, 0.1) is 0 Å². The molecule has 2 aromatic rings.